The first-order valence-corrected chi connectivity index (χ1v) is 10.9. The molecule has 0 bridgehead atoms. The van der Waals surface area contributed by atoms with Gasteiger partial charge in [-0.25, -0.2) is 0 Å². The maximum Gasteiger partial charge on any atom is 0.195 e. The molecule has 1 aliphatic heterocycles. The van der Waals surface area contributed by atoms with Crippen molar-refractivity contribution in [1.29, 1.82) is 0 Å². The minimum Gasteiger partial charge on any atom is -0.491 e. The summed E-state index contributed by atoms with van der Waals surface area (Å²) in [6.45, 7) is 8.96. The zero-order chi connectivity index (χ0) is 21.3. The molecule has 5 rings (SSSR count). The molecule has 0 amide bonds. The highest BCUT2D eigenvalue weighted by atomic mass is 79.9. The molecule has 2 aromatic carbocycles. The maximum atomic E-state index is 13.5. The van der Waals surface area contributed by atoms with Crippen LogP contribution in [0.5, 0.6) is 5.75 Å². The van der Waals surface area contributed by atoms with Gasteiger partial charge in [0.15, 0.2) is 11.6 Å². The number of aromatic nitrogens is 1. The van der Waals surface area contributed by atoms with Crippen LogP contribution in [0, 0.1) is 0 Å². The summed E-state index contributed by atoms with van der Waals surface area (Å²) in [6, 6.07) is 11.8. The molecule has 3 aromatic rings. The predicted molar refractivity (Wildman–Crippen MR) is 118 cm³/mol. The molecule has 1 N–H and O–H groups in total. The van der Waals surface area contributed by atoms with Gasteiger partial charge in [0.1, 0.15) is 18.5 Å². The molecule has 156 valence electrons. The van der Waals surface area contributed by atoms with E-state index in [4.69, 9.17) is 14.2 Å². The number of benzene rings is 2. The van der Waals surface area contributed by atoms with E-state index in [1.54, 1.807) is 0 Å². The van der Waals surface area contributed by atoms with E-state index >= 15 is 0 Å². The van der Waals surface area contributed by atoms with Crippen LogP contribution in [-0.4, -0.2) is 35.9 Å². The summed E-state index contributed by atoms with van der Waals surface area (Å²) >= 11 is 3.52. The number of hydrogen-bond donors (Lipinski definition) is 1. The summed E-state index contributed by atoms with van der Waals surface area (Å²) < 4.78 is 18.3. The van der Waals surface area contributed by atoms with Gasteiger partial charge in [-0.3, -0.25) is 4.79 Å². The zero-order valence-corrected chi connectivity index (χ0v) is 19.1. The molecule has 2 heterocycles. The summed E-state index contributed by atoms with van der Waals surface area (Å²) in [5.41, 5.74) is 4.04. The van der Waals surface area contributed by atoms with Crippen molar-refractivity contribution >= 4 is 32.6 Å². The highest BCUT2D eigenvalue weighted by Gasteiger charge is 2.40. The Morgan fingerprint density at radius 3 is 2.70 bits per heavy atom. The normalized spacial score (nSPS) is 21.5. The van der Waals surface area contributed by atoms with Crippen molar-refractivity contribution in [1.82, 2.24) is 4.98 Å². The largest absolute Gasteiger partial charge is 0.491 e. The minimum atomic E-state index is -0.579. The number of fused-ring (bicyclic) bond motifs is 4. The lowest BCUT2D eigenvalue weighted by molar-refractivity contribution is -0.141. The molecule has 1 aromatic heterocycles. The fourth-order valence-corrected chi connectivity index (χ4v) is 4.89. The number of H-pyrrole nitrogens is 1. The topological polar surface area (TPSA) is 60.5 Å². The minimum absolute atomic E-state index is 0.0277. The number of hydrogen-bond acceptors (Lipinski definition) is 4. The van der Waals surface area contributed by atoms with Gasteiger partial charge in [-0.15, -0.1) is 0 Å². The van der Waals surface area contributed by atoms with Gasteiger partial charge in [-0.05, 0) is 43.7 Å². The first kappa shape index (κ1) is 19.8. The molecular weight excluding hydrogens is 446 g/mol. The van der Waals surface area contributed by atoms with Gasteiger partial charge in [0.05, 0.1) is 12.2 Å². The van der Waals surface area contributed by atoms with Crippen LogP contribution in [0.15, 0.2) is 40.9 Å². The second-order valence-electron chi connectivity index (χ2n) is 8.99. The average molecular weight is 470 g/mol. The maximum absolute atomic E-state index is 13.5. The van der Waals surface area contributed by atoms with Gasteiger partial charge in [0.25, 0.3) is 0 Å². The Morgan fingerprint density at radius 1 is 1.17 bits per heavy atom. The van der Waals surface area contributed by atoms with Gasteiger partial charge < -0.3 is 19.2 Å². The van der Waals surface area contributed by atoms with Crippen molar-refractivity contribution in [2.24, 2.45) is 0 Å². The lowest BCUT2D eigenvalue weighted by atomic mass is 9.71. The van der Waals surface area contributed by atoms with Crippen molar-refractivity contribution in [2.75, 3.05) is 13.2 Å². The van der Waals surface area contributed by atoms with Crippen LogP contribution >= 0.6 is 15.9 Å². The molecule has 1 unspecified atom stereocenters. The van der Waals surface area contributed by atoms with Crippen LogP contribution in [0.4, 0.5) is 0 Å². The molecule has 6 heteroatoms. The number of nitrogens with one attached hydrogen (secondary N) is 1. The first-order valence-electron chi connectivity index (χ1n) is 10.1. The number of halogens is 1. The average Bonchev–Trinajstić information content (AvgIpc) is 3.24. The van der Waals surface area contributed by atoms with Gasteiger partial charge in [-0.1, -0.05) is 41.9 Å². The van der Waals surface area contributed by atoms with E-state index in [0.29, 0.717) is 24.5 Å². The molecule has 0 radical (unpaired) electrons. The van der Waals surface area contributed by atoms with Gasteiger partial charge >= 0.3 is 0 Å². The molecule has 1 saturated heterocycles. The Bertz CT molecular complexity index is 1180. The summed E-state index contributed by atoms with van der Waals surface area (Å²) in [4.78, 5) is 17.0. The van der Waals surface area contributed by atoms with E-state index in [0.717, 1.165) is 32.2 Å². The summed E-state index contributed by atoms with van der Waals surface area (Å²) in [6.07, 6.45) is -0.123. The van der Waals surface area contributed by atoms with E-state index in [1.165, 1.54) is 0 Å². The fourth-order valence-electron chi connectivity index (χ4n) is 4.52. The van der Waals surface area contributed by atoms with Crippen LogP contribution < -0.4 is 4.74 Å². The molecule has 1 fully saturated rings. The van der Waals surface area contributed by atoms with E-state index in [1.807, 2.05) is 50.2 Å². The molecular formula is C24H24BrNO4. The number of rotatable bonds is 3. The van der Waals surface area contributed by atoms with Crippen LogP contribution in [0.25, 0.3) is 10.9 Å². The Kier molecular flexibility index (Phi) is 4.40. The monoisotopic (exact) mass is 469 g/mol. The second-order valence-corrected chi connectivity index (χ2v) is 9.90. The van der Waals surface area contributed by atoms with E-state index < -0.39 is 5.79 Å². The van der Waals surface area contributed by atoms with E-state index in [9.17, 15) is 4.79 Å². The lowest BCUT2D eigenvalue weighted by Crippen LogP contribution is -2.30. The smallest absolute Gasteiger partial charge is 0.195 e. The third-order valence-corrected chi connectivity index (χ3v) is 6.52. The van der Waals surface area contributed by atoms with Crippen LogP contribution in [0.2, 0.25) is 0 Å². The van der Waals surface area contributed by atoms with E-state index in [-0.39, 0.29) is 17.3 Å². The van der Waals surface area contributed by atoms with Gasteiger partial charge in [-0.2, -0.15) is 0 Å². The molecule has 2 aliphatic rings. The predicted octanol–water partition coefficient (Wildman–Crippen LogP) is 5.33. The quantitative estimate of drug-likeness (QED) is 0.562. The SMILES string of the molecule is CC1(C)OCC(COc2ccc3c(c2)C(=O)c2c([nH]c4cc(Br)ccc24)C3(C)C)O1. The summed E-state index contributed by atoms with van der Waals surface area (Å²) in [5.74, 6) is 0.113. The van der Waals surface area contributed by atoms with Crippen LogP contribution in [0.3, 0.4) is 0 Å². The van der Waals surface area contributed by atoms with Crippen LogP contribution in [0.1, 0.15) is 54.9 Å². The Labute approximate surface area is 183 Å². The van der Waals surface area contributed by atoms with E-state index in [2.05, 4.69) is 34.8 Å². The Balaban J connectivity index is 1.50. The Morgan fingerprint density at radius 2 is 1.97 bits per heavy atom. The number of ether oxygens (including phenoxy) is 3. The number of ketones is 1. The highest BCUT2D eigenvalue weighted by molar-refractivity contribution is 9.10. The van der Waals surface area contributed by atoms with Gasteiger partial charge in [0, 0.05) is 32.0 Å². The van der Waals surface area contributed by atoms with Gasteiger partial charge in [0.2, 0.25) is 0 Å². The highest BCUT2D eigenvalue weighted by Crippen LogP contribution is 2.44. The molecule has 0 spiro atoms. The first-order chi connectivity index (χ1) is 14.2. The molecule has 1 aliphatic carbocycles. The van der Waals surface area contributed by atoms with Crippen molar-refractivity contribution in [3.63, 3.8) is 0 Å². The molecule has 30 heavy (non-hydrogen) atoms. The molecule has 0 saturated carbocycles. The van der Waals surface area contributed by atoms with Crippen LogP contribution in [-0.2, 0) is 14.9 Å². The lowest BCUT2D eigenvalue weighted by Gasteiger charge is -2.32. The van der Waals surface area contributed by atoms with Crippen molar-refractivity contribution in [3.8, 4) is 5.75 Å². The zero-order valence-electron chi connectivity index (χ0n) is 17.5. The fraction of sp³-hybridized carbons (Fsp3) is 0.375. The van der Waals surface area contributed by atoms with Crippen molar-refractivity contribution < 1.29 is 19.0 Å². The number of carbonyl (C=O) groups excluding carboxylic acids is 1. The third kappa shape index (κ3) is 3.09. The number of carbonyl (C=O) groups is 1. The summed E-state index contributed by atoms with van der Waals surface area (Å²) in [7, 11) is 0. The van der Waals surface area contributed by atoms with Crippen molar-refractivity contribution in [3.05, 3.63) is 63.3 Å². The standard InChI is InChI=1S/C24H24BrNO4/c1-23(2)18-8-6-14(28-11-15-12-29-24(3,4)30-15)10-17(18)21(27)20-16-7-5-13(25)9-19(16)26-22(20)23/h5-10,15,26H,11-12H2,1-4H3. The second kappa shape index (κ2) is 6.67. The summed E-state index contributed by atoms with van der Waals surface area (Å²) in [5, 5.41) is 0.946. The van der Waals surface area contributed by atoms with Crippen molar-refractivity contribution in [2.45, 2.75) is 45.0 Å². The molecule has 5 nitrogen and oxygen atoms in total. The third-order valence-electron chi connectivity index (χ3n) is 6.02. The number of aromatic amines is 1. The Hall–Kier alpha value is -2.15. The molecule has 1 atom stereocenters.